The molecule has 0 aliphatic carbocycles. The SMILES string of the molecule is CCNC(COc1ccc(OCC)cc1)C1CCOC1. The number of ether oxygens (including phenoxy) is 3. The highest BCUT2D eigenvalue weighted by molar-refractivity contribution is 5.31. The Kier molecular flexibility index (Phi) is 6.15. The van der Waals surface area contributed by atoms with Crippen molar-refractivity contribution in [3.05, 3.63) is 24.3 Å². The van der Waals surface area contributed by atoms with Crippen molar-refractivity contribution in [2.24, 2.45) is 5.92 Å². The summed E-state index contributed by atoms with van der Waals surface area (Å²) in [6, 6.07) is 8.16. The molecule has 0 radical (unpaired) electrons. The molecule has 112 valence electrons. The molecule has 2 unspecified atom stereocenters. The van der Waals surface area contributed by atoms with Gasteiger partial charge in [-0.25, -0.2) is 0 Å². The summed E-state index contributed by atoms with van der Waals surface area (Å²) >= 11 is 0. The number of likely N-dealkylation sites (N-methyl/N-ethyl adjacent to an activating group) is 1. The van der Waals surface area contributed by atoms with Crippen LogP contribution in [0.25, 0.3) is 0 Å². The van der Waals surface area contributed by atoms with Crippen molar-refractivity contribution >= 4 is 0 Å². The number of nitrogens with one attached hydrogen (secondary N) is 1. The van der Waals surface area contributed by atoms with E-state index in [0.717, 1.165) is 37.7 Å². The lowest BCUT2D eigenvalue weighted by atomic mass is 10.00. The summed E-state index contributed by atoms with van der Waals surface area (Å²) in [6.45, 7) is 8.13. The molecule has 1 saturated heterocycles. The number of rotatable bonds is 8. The highest BCUT2D eigenvalue weighted by Gasteiger charge is 2.25. The fourth-order valence-corrected chi connectivity index (χ4v) is 2.48. The molecule has 1 aromatic carbocycles. The average Bonchev–Trinajstić information content (AvgIpc) is 2.99. The van der Waals surface area contributed by atoms with Gasteiger partial charge in [-0.05, 0) is 44.2 Å². The normalized spacial score (nSPS) is 19.8. The second-order valence-corrected chi connectivity index (χ2v) is 5.00. The quantitative estimate of drug-likeness (QED) is 0.793. The summed E-state index contributed by atoms with van der Waals surface area (Å²) in [5, 5.41) is 3.50. The molecule has 1 aromatic rings. The summed E-state index contributed by atoms with van der Waals surface area (Å²) < 4.78 is 16.8. The summed E-state index contributed by atoms with van der Waals surface area (Å²) in [5.74, 6) is 2.32. The minimum Gasteiger partial charge on any atom is -0.494 e. The van der Waals surface area contributed by atoms with Gasteiger partial charge in [0.2, 0.25) is 0 Å². The van der Waals surface area contributed by atoms with Crippen molar-refractivity contribution in [3.63, 3.8) is 0 Å². The Morgan fingerprint density at radius 1 is 1.20 bits per heavy atom. The fraction of sp³-hybridized carbons (Fsp3) is 0.625. The molecular formula is C16H25NO3. The lowest BCUT2D eigenvalue weighted by molar-refractivity contribution is 0.161. The summed E-state index contributed by atoms with van der Waals surface area (Å²) in [7, 11) is 0. The fourth-order valence-electron chi connectivity index (χ4n) is 2.48. The molecule has 4 heteroatoms. The maximum atomic E-state index is 5.89. The zero-order chi connectivity index (χ0) is 14.2. The summed E-state index contributed by atoms with van der Waals surface area (Å²) in [5.41, 5.74) is 0. The van der Waals surface area contributed by atoms with Crippen LogP contribution < -0.4 is 14.8 Å². The van der Waals surface area contributed by atoms with Crippen LogP contribution in [0.4, 0.5) is 0 Å². The van der Waals surface area contributed by atoms with Gasteiger partial charge < -0.3 is 19.5 Å². The molecule has 20 heavy (non-hydrogen) atoms. The highest BCUT2D eigenvalue weighted by atomic mass is 16.5. The van der Waals surface area contributed by atoms with Crippen LogP contribution in [0.2, 0.25) is 0 Å². The van der Waals surface area contributed by atoms with E-state index in [0.29, 0.717) is 25.2 Å². The summed E-state index contributed by atoms with van der Waals surface area (Å²) in [4.78, 5) is 0. The van der Waals surface area contributed by atoms with Crippen LogP contribution in [-0.2, 0) is 4.74 Å². The van der Waals surface area contributed by atoms with E-state index in [4.69, 9.17) is 14.2 Å². The van der Waals surface area contributed by atoms with Crippen molar-refractivity contribution in [1.82, 2.24) is 5.32 Å². The standard InChI is InChI=1S/C16H25NO3/c1-3-17-16(13-9-10-18-11-13)12-20-15-7-5-14(6-8-15)19-4-2/h5-8,13,16-17H,3-4,9-12H2,1-2H3. The Labute approximate surface area is 121 Å². The van der Waals surface area contributed by atoms with Crippen LogP contribution in [0.1, 0.15) is 20.3 Å². The van der Waals surface area contributed by atoms with Crippen molar-refractivity contribution < 1.29 is 14.2 Å². The molecule has 1 aliphatic heterocycles. The molecule has 0 spiro atoms. The van der Waals surface area contributed by atoms with Crippen LogP contribution >= 0.6 is 0 Å². The minimum atomic E-state index is 0.356. The van der Waals surface area contributed by atoms with E-state index in [-0.39, 0.29) is 0 Å². The maximum absolute atomic E-state index is 5.89. The minimum absolute atomic E-state index is 0.356. The van der Waals surface area contributed by atoms with Crippen molar-refractivity contribution in [2.75, 3.05) is 33.0 Å². The van der Waals surface area contributed by atoms with Crippen molar-refractivity contribution in [2.45, 2.75) is 26.3 Å². The van der Waals surface area contributed by atoms with Gasteiger partial charge in [0.1, 0.15) is 18.1 Å². The second kappa shape index (κ2) is 8.12. The second-order valence-electron chi connectivity index (χ2n) is 5.00. The zero-order valence-corrected chi connectivity index (χ0v) is 12.4. The van der Waals surface area contributed by atoms with E-state index in [1.54, 1.807) is 0 Å². The molecule has 1 heterocycles. The first-order valence-corrected chi connectivity index (χ1v) is 7.50. The Morgan fingerprint density at radius 2 is 1.90 bits per heavy atom. The third kappa shape index (κ3) is 4.39. The molecule has 1 N–H and O–H groups in total. The molecule has 1 fully saturated rings. The molecule has 0 amide bonds. The van der Waals surface area contributed by atoms with Gasteiger partial charge >= 0.3 is 0 Å². The monoisotopic (exact) mass is 279 g/mol. The van der Waals surface area contributed by atoms with E-state index in [9.17, 15) is 0 Å². The molecule has 1 aliphatic rings. The van der Waals surface area contributed by atoms with Gasteiger partial charge in [-0.2, -0.15) is 0 Å². The van der Waals surface area contributed by atoms with Crippen LogP contribution in [0.15, 0.2) is 24.3 Å². The third-order valence-electron chi connectivity index (χ3n) is 3.56. The molecule has 0 bridgehead atoms. The van der Waals surface area contributed by atoms with Gasteiger partial charge in [-0.3, -0.25) is 0 Å². The predicted octanol–water partition coefficient (Wildman–Crippen LogP) is 2.48. The first kappa shape index (κ1) is 15.1. The number of hydrogen-bond acceptors (Lipinski definition) is 4. The van der Waals surface area contributed by atoms with Gasteiger partial charge in [0.15, 0.2) is 0 Å². The Bertz CT molecular complexity index is 374. The first-order chi connectivity index (χ1) is 9.83. The van der Waals surface area contributed by atoms with E-state index in [2.05, 4.69) is 12.2 Å². The van der Waals surface area contributed by atoms with Crippen LogP contribution in [0, 0.1) is 5.92 Å². The Morgan fingerprint density at radius 3 is 2.45 bits per heavy atom. The zero-order valence-electron chi connectivity index (χ0n) is 12.4. The van der Waals surface area contributed by atoms with E-state index < -0.39 is 0 Å². The topological polar surface area (TPSA) is 39.7 Å². The van der Waals surface area contributed by atoms with E-state index in [1.165, 1.54) is 0 Å². The highest BCUT2D eigenvalue weighted by Crippen LogP contribution is 2.20. The smallest absolute Gasteiger partial charge is 0.119 e. The molecule has 0 aromatic heterocycles. The van der Waals surface area contributed by atoms with Crippen LogP contribution in [-0.4, -0.2) is 39.0 Å². The summed E-state index contributed by atoms with van der Waals surface area (Å²) in [6.07, 6.45) is 1.12. The van der Waals surface area contributed by atoms with Gasteiger partial charge in [0.25, 0.3) is 0 Å². The van der Waals surface area contributed by atoms with Gasteiger partial charge in [-0.1, -0.05) is 6.92 Å². The Balaban J connectivity index is 1.84. The lowest BCUT2D eigenvalue weighted by Gasteiger charge is -2.23. The van der Waals surface area contributed by atoms with Crippen LogP contribution in [0.5, 0.6) is 11.5 Å². The van der Waals surface area contributed by atoms with E-state index >= 15 is 0 Å². The molecule has 2 atom stereocenters. The average molecular weight is 279 g/mol. The van der Waals surface area contributed by atoms with Gasteiger partial charge in [0, 0.05) is 18.6 Å². The van der Waals surface area contributed by atoms with Crippen molar-refractivity contribution in [1.29, 1.82) is 0 Å². The number of hydrogen-bond donors (Lipinski definition) is 1. The van der Waals surface area contributed by atoms with Gasteiger partial charge in [0.05, 0.1) is 13.2 Å². The third-order valence-corrected chi connectivity index (χ3v) is 3.56. The van der Waals surface area contributed by atoms with E-state index in [1.807, 2.05) is 31.2 Å². The maximum Gasteiger partial charge on any atom is 0.119 e. The van der Waals surface area contributed by atoms with Crippen molar-refractivity contribution in [3.8, 4) is 11.5 Å². The lowest BCUT2D eigenvalue weighted by Crippen LogP contribution is -2.41. The molecule has 2 rings (SSSR count). The number of benzene rings is 1. The first-order valence-electron chi connectivity index (χ1n) is 7.50. The molecule has 4 nitrogen and oxygen atoms in total. The largest absolute Gasteiger partial charge is 0.494 e. The molecular weight excluding hydrogens is 254 g/mol. The molecule has 0 saturated carbocycles. The van der Waals surface area contributed by atoms with Gasteiger partial charge in [-0.15, -0.1) is 0 Å². The Hall–Kier alpha value is -1.26. The van der Waals surface area contributed by atoms with Crippen LogP contribution in [0.3, 0.4) is 0 Å². The predicted molar refractivity (Wildman–Crippen MR) is 79.5 cm³/mol.